The highest BCUT2D eigenvalue weighted by atomic mass is 16.5. The molecule has 9 nitrogen and oxygen atoms in total. The first-order valence-electron chi connectivity index (χ1n) is 17.3. The van der Waals surface area contributed by atoms with E-state index < -0.39 is 0 Å². The number of para-hydroxylation sites is 1. The molecular weight excluding hydrogens is 576 g/mol. The molecule has 4 aromatic rings. The Balaban J connectivity index is 1.18. The standard InChI is InChI=1S/C37H46N6O3/c1-22-8-9-24(19-38)21-42(22)37(45)28-16-30-34(32(18-28)46-3)40(2)35(39-30)31-17-25-6-4-7-29(33(25)43(31)20-23-10-11-23)26-14-27(15-26)36(44)41-12-5-13-41/h4,6-7,16-18,22-24,26-27H,5,8-15,19-21,38H2,1-3H3/t22-,24-,26?,27?/m0/s1. The number of methoxy groups -OCH3 is 1. The SMILES string of the molecule is COc1cc(C(=O)N2C[C@H](CN)CC[C@@H]2C)cc2nc(-c3cc4cccc(C5CC(C(=O)N6CCC6)C5)c4n3CC3CC3)n(C)c12. The summed E-state index contributed by atoms with van der Waals surface area (Å²) in [5.74, 6) is 3.44. The molecule has 2 atom stereocenters. The normalized spacial score (nSPS) is 24.7. The van der Waals surface area contributed by atoms with E-state index in [9.17, 15) is 9.59 Å². The molecule has 8 rings (SSSR count). The fourth-order valence-corrected chi connectivity index (χ4v) is 8.13. The van der Waals surface area contributed by atoms with Crippen molar-refractivity contribution in [1.82, 2.24) is 23.9 Å². The van der Waals surface area contributed by atoms with E-state index >= 15 is 0 Å². The number of imidazole rings is 1. The second-order valence-electron chi connectivity index (χ2n) is 14.4. The lowest BCUT2D eigenvalue weighted by Crippen LogP contribution is -2.48. The number of fused-ring (bicyclic) bond motifs is 2. The first-order chi connectivity index (χ1) is 22.3. The van der Waals surface area contributed by atoms with Gasteiger partial charge in [0.15, 0.2) is 5.82 Å². The van der Waals surface area contributed by atoms with Gasteiger partial charge in [-0.15, -0.1) is 0 Å². The Bertz CT molecular complexity index is 1830. The van der Waals surface area contributed by atoms with Gasteiger partial charge in [0.25, 0.3) is 5.91 Å². The van der Waals surface area contributed by atoms with Gasteiger partial charge in [0.1, 0.15) is 11.3 Å². The van der Waals surface area contributed by atoms with Gasteiger partial charge in [0, 0.05) is 56.1 Å². The number of hydrogen-bond acceptors (Lipinski definition) is 5. The van der Waals surface area contributed by atoms with Crippen molar-refractivity contribution in [3.8, 4) is 17.3 Å². The Kier molecular flexibility index (Phi) is 7.35. The predicted octanol–water partition coefficient (Wildman–Crippen LogP) is 5.54. The van der Waals surface area contributed by atoms with Gasteiger partial charge in [-0.2, -0.15) is 0 Å². The minimum absolute atomic E-state index is 0.0111. The molecule has 2 aromatic carbocycles. The van der Waals surface area contributed by atoms with Crippen LogP contribution in [0.3, 0.4) is 0 Å². The quantitative estimate of drug-likeness (QED) is 0.278. The van der Waals surface area contributed by atoms with Crippen LogP contribution in [0.25, 0.3) is 33.5 Å². The minimum atomic E-state index is 0.0111. The highest BCUT2D eigenvalue weighted by molar-refractivity contribution is 6.00. The molecule has 2 aromatic heterocycles. The third-order valence-electron chi connectivity index (χ3n) is 11.4. The first-order valence-corrected chi connectivity index (χ1v) is 17.3. The van der Waals surface area contributed by atoms with E-state index in [2.05, 4.69) is 40.3 Å². The summed E-state index contributed by atoms with van der Waals surface area (Å²) in [7, 11) is 3.71. The number of amides is 2. The zero-order chi connectivity index (χ0) is 31.7. The monoisotopic (exact) mass is 622 g/mol. The van der Waals surface area contributed by atoms with Gasteiger partial charge in [-0.3, -0.25) is 9.59 Å². The van der Waals surface area contributed by atoms with Gasteiger partial charge in [0.2, 0.25) is 5.91 Å². The number of hydrogen-bond donors (Lipinski definition) is 1. The molecule has 46 heavy (non-hydrogen) atoms. The molecule has 0 bridgehead atoms. The first kappa shape index (κ1) is 29.5. The predicted molar refractivity (Wildman–Crippen MR) is 180 cm³/mol. The summed E-state index contributed by atoms with van der Waals surface area (Å²) in [4.78, 5) is 36.0. The molecule has 0 unspecified atom stereocenters. The number of aromatic nitrogens is 3. The molecule has 2 saturated heterocycles. The van der Waals surface area contributed by atoms with Crippen molar-refractivity contribution in [2.45, 2.75) is 70.4 Å². The van der Waals surface area contributed by atoms with Crippen molar-refractivity contribution in [3.05, 3.63) is 47.5 Å². The summed E-state index contributed by atoms with van der Waals surface area (Å²) in [6.45, 7) is 6.21. The van der Waals surface area contributed by atoms with Crippen molar-refractivity contribution >= 4 is 33.8 Å². The highest BCUT2D eigenvalue weighted by Gasteiger charge is 2.40. The number of carbonyl (C=O) groups excluding carboxylic acids is 2. The third kappa shape index (κ3) is 4.89. The molecule has 2 saturated carbocycles. The van der Waals surface area contributed by atoms with Crippen molar-refractivity contribution < 1.29 is 14.3 Å². The van der Waals surface area contributed by atoms with Gasteiger partial charge in [-0.05, 0) is 99.9 Å². The van der Waals surface area contributed by atoms with Gasteiger partial charge in [-0.25, -0.2) is 4.98 Å². The maximum absolute atomic E-state index is 13.9. The Morgan fingerprint density at radius 1 is 1.02 bits per heavy atom. The summed E-state index contributed by atoms with van der Waals surface area (Å²) < 4.78 is 10.5. The van der Waals surface area contributed by atoms with Gasteiger partial charge in [-0.1, -0.05) is 18.2 Å². The van der Waals surface area contributed by atoms with Crippen LogP contribution in [0.2, 0.25) is 0 Å². The van der Waals surface area contributed by atoms with E-state index in [4.69, 9.17) is 15.5 Å². The van der Waals surface area contributed by atoms with E-state index in [-0.39, 0.29) is 17.9 Å². The molecule has 2 amide bonds. The molecule has 242 valence electrons. The average Bonchev–Trinajstić information content (AvgIpc) is 3.67. The number of piperidine rings is 1. The Morgan fingerprint density at radius 2 is 1.80 bits per heavy atom. The largest absolute Gasteiger partial charge is 0.494 e. The lowest BCUT2D eigenvalue weighted by molar-refractivity contribution is -0.142. The van der Waals surface area contributed by atoms with Gasteiger partial charge >= 0.3 is 0 Å². The van der Waals surface area contributed by atoms with Crippen LogP contribution in [0.5, 0.6) is 5.75 Å². The van der Waals surface area contributed by atoms with Crippen LogP contribution in [0, 0.1) is 17.8 Å². The number of benzene rings is 2. The van der Waals surface area contributed by atoms with E-state index in [1.165, 1.54) is 29.3 Å². The van der Waals surface area contributed by atoms with Crippen molar-refractivity contribution in [2.75, 3.05) is 33.3 Å². The number of aryl methyl sites for hydroxylation is 1. The van der Waals surface area contributed by atoms with Crippen LogP contribution >= 0.6 is 0 Å². The number of ether oxygens (including phenoxy) is 1. The molecule has 4 heterocycles. The molecule has 4 aliphatic rings. The fraction of sp³-hybridized carbons (Fsp3) is 0.541. The molecule has 2 aliphatic heterocycles. The number of carbonyl (C=O) groups is 2. The van der Waals surface area contributed by atoms with E-state index in [0.717, 1.165) is 74.3 Å². The van der Waals surface area contributed by atoms with Crippen LogP contribution in [0.15, 0.2) is 36.4 Å². The lowest BCUT2D eigenvalue weighted by Gasteiger charge is -2.41. The Hall–Kier alpha value is -3.85. The van der Waals surface area contributed by atoms with E-state index in [0.29, 0.717) is 48.1 Å². The van der Waals surface area contributed by atoms with Crippen LogP contribution in [0.1, 0.15) is 73.7 Å². The third-order valence-corrected chi connectivity index (χ3v) is 11.4. The van der Waals surface area contributed by atoms with Crippen molar-refractivity contribution in [2.24, 2.45) is 30.5 Å². The minimum Gasteiger partial charge on any atom is -0.494 e. The molecule has 0 radical (unpaired) electrons. The fourth-order valence-electron chi connectivity index (χ4n) is 8.13. The average molecular weight is 623 g/mol. The molecule has 9 heteroatoms. The van der Waals surface area contributed by atoms with Gasteiger partial charge in [0.05, 0.1) is 23.8 Å². The second-order valence-corrected chi connectivity index (χ2v) is 14.4. The smallest absolute Gasteiger partial charge is 0.254 e. The summed E-state index contributed by atoms with van der Waals surface area (Å²) >= 11 is 0. The molecule has 2 N–H and O–H groups in total. The van der Waals surface area contributed by atoms with Crippen LogP contribution < -0.4 is 10.5 Å². The summed E-state index contributed by atoms with van der Waals surface area (Å²) in [5, 5.41) is 1.22. The molecule has 2 aliphatic carbocycles. The summed E-state index contributed by atoms with van der Waals surface area (Å²) in [6.07, 6.45) is 7.52. The number of nitrogens with zero attached hydrogens (tertiary/aromatic N) is 5. The van der Waals surface area contributed by atoms with Crippen molar-refractivity contribution in [3.63, 3.8) is 0 Å². The zero-order valence-corrected chi connectivity index (χ0v) is 27.4. The topological polar surface area (TPSA) is 98.6 Å². The maximum atomic E-state index is 13.9. The second kappa shape index (κ2) is 11.4. The highest BCUT2D eigenvalue weighted by Crippen LogP contribution is 2.47. The summed E-state index contributed by atoms with van der Waals surface area (Å²) in [6, 6.07) is 12.9. The Morgan fingerprint density at radius 3 is 2.50 bits per heavy atom. The number of rotatable bonds is 8. The lowest BCUT2D eigenvalue weighted by atomic mass is 9.70. The van der Waals surface area contributed by atoms with Crippen molar-refractivity contribution in [1.29, 1.82) is 0 Å². The van der Waals surface area contributed by atoms with Crippen LogP contribution in [-0.2, 0) is 18.4 Å². The summed E-state index contributed by atoms with van der Waals surface area (Å²) in [5.41, 5.74) is 12.0. The van der Waals surface area contributed by atoms with Gasteiger partial charge < -0.3 is 29.4 Å². The molecule has 0 spiro atoms. The zero-order valence-electron chi connectivity index (χ0n) is 27.4. The maximum Gasteiger partial charge on any atom is 0.254 e. The molecular formula is C37H46N6O3. The van der Waals surface area contributed by atoms with Crippen LogP contribution in [-0.4, -0.2) is 75.1 Å². The molecule has 4 fully saturated rings. The van der Waals surface area contributed by atoms with Crippen LogP contribution in [0.4, 0.5) is 0 Å². The number of nitrogens with two attached hydrogens (primary N) is 1. The Labute approximate surface area is 270 Å². The van der Waals surface area contributed by atoms with E-state index in [1.54, 1.807) is 7.11 Å². The number of likely N-dealkylation sites (tertiary alicyclic amines) is 2. The van der Waals surface area contributed by atoms with E-state index in [1.807, 2.05) is 29.0 Å².